The third-order valence-electron chi connectivity index (χ3n) is 4.16. The molecular weight excluding hydrogens is 476 g/mol. The molecule has 8 heteroatoms. The van der Waals surface area contributed by atoms with Crippen LogP contribution < -0.4 is 15.6 Å². The Balaban J connectivity index is 1.60. The molecule has 0 atom stereocenters. The maximum absolute atomic E-state index is 12.4. The molecule has 152 valence electrons. The number of fused-ring (bicyclic) bond motifs is 1. The first-order valence-corrected chi connectivity index (χ1v) is 10.8. The number of carbonyl (C=O) groups is 2. The Kier molecular flexibility index (Phi) is 6.51. The SMILES string of the molecule is CC(C)(C)c1cc(Br)ccc1OCC(=O)NNC(=O)c1sc2ccccc2c1Cl. The minimum Gasteiger partial charge on any atom is -0.483 e. The standard InChI is InChI=1S/C21H20BrClN2O3S/c1-21(2,3)14-10-12(22)8-9-15(14)28-11-17(26)24-25-20(27)19-18(23)13-6-4-5-7-16(13)29-19/h4-10H,11H2,1-3H3,(H,24,26)(H,25,27). The van der Waals surface area contributed by atoms with Crippen LogP contribution in [0.15, 0.2) is 46.9 Å². The molecule has 29 heavy (non-hydrogen) atoms. The molecule has 0 spiro atoms. The van der Waals surface area contributed by atoms with Crippen molar-refractivity contribution in [2.45, 2.75) is 26.2 Å². The van der Waals surface area contributed by atoms with Crippen LogP contribution in [0.2, 0.25) is 5.02 Å². The summed E-state index contributed by atoms with van der Waals surface area (Å²) in [6.45, 7) is 5.97. The second-order valence-corrected chi connectivity index (χ2v) is 9.77. The van der Waals surface area contributed by atoms with Crippen molar-refractivity contribution in [2.24, 2.45) is 0 Å². The molecule has 3 aromatic rings. The maximum atomic E-state index is 12.4. The third-order valence-corrected chi connectivity index (χ3v) is 6.33. The Labute approximate surface area is 186 Å². The van der Waals surface area contributed by atoms with E-state index in [0.717, 1.165) is 20.1 Å². The van der Waals surface area contributed by atoms with Crippen molar-refractivity contribution >= 4 is 60.8 Å². The van der Waals surface area contributed by atoms with Gasteiger partial charge in [0.25, 0.3) is 11.8 Å². The Hall–Kier alpha value is -2.09. The van der Waals surface area contributed by atoms with Crippen LogP contribution in [0.1, 0.15) is 36.0 Å². The van der Waals surface area contributed by atoms with E-state index in [2.05, 4.69) is 47.6 Å². The van der Waals surface area contributed by atoms with Crippen molar-refractivity contribution in [2.75, 3.05) is 6.61 Å². The summed E-state index contributed by atoms with van der Waals surface area (Å²) in [5, 5.41) is 1.18. The lowest BCUT2D eigenvalue weighted by atomic mass is 9.86. The average Bonchev–Trinajstić information content (AvgIpc) is 3.01. The van der Waals surface area contributed by atoms with Gasteiger partial charge in [0.1, 0.15) is 10.6 Å². The van der Waals surface area contributed by atoms with Gasteiger partial charge in [0, 0.05) is 20.1 Å². The number of carbonyl (C=O) groups excluding carboxylic acids is 2. The van der Waals surface area contributed by atoms with Gasteiger partial charge >= 0.3 is 0 Å². The summed E-state index contributed by atoms with van der Waals surface area (Å²) in [6.07, 6.45) is 0. The largest absolute Gasteiger partial charge is 0.483 e. The summed E-state index contributed by atoms with van der Waals surface area (Å²) in [4.78, 5) is 24.9. The van der Waals surface area contributed by atoms with Crippen molar-refractivity contribution in [3.8, 4) is 5.75 Å². The predicted octanol–water partition coefficient (Wildman–Crippen LogP) is 5.45. The third kappa shape index (κ3) is 5.10. The van der Waals surface area contributed by atoms with Gasteiger partial charge in [0.05, 0.1) is 5.02 Å². The van der Waals surface area contributed by atoms with Gasteiger partial charge in [-0.15, -0.1) is 11.3 Å². The first kappa shape index (κ1) is 21.6. The van der Waals surface area contributed by atoms with Crippen molar-refractivity contribution in [3.63, 3.8) is 0 Å². The second kappa shape index (κ2) is 8.73. The number of nitrogens with one attached hydrogen (secondary N) is 2. The average molecular weight is 496 g/mol. The Bertz CT molecular complexity index is 1080. The summed E-state index contributed by atoms with van der Waals surface area (Å²) in [5.41, 5.74) is 5.58. The lowest BCUT2D eigenvalue weighted by Crippen LogP contribution is -2.43. The van der Waals surface area contributed by atoms with Crippen LogP contribution in [0.5, 0.6) is 5.75 Å². The molecule has 0 aliphatic heterocycles. The molecule has 0 saturated heterocycles. The molecular formula is C21H20BrClN2O3S. The molecule has 0 bridgehead atoms. The first-order chi connectivity index (χ1) is 13.7. The zero-order valence-electron chi connectivity index (χ0n) is 16.1. The van der Waals surface area contributed by atoms with Gasteiger partial charge in [-0.3, -0.25) is 20.4 Å². The molecule has 0 fully saturated rings. The van der Waals surface area contributed by atoms with Gasteiger partial charge in [0.2, 0.25) is 0 Å². The van der Waals surface area contributed by atoms with Gasteiger partial charge in [-0.1, -0.05) is 66.5 Å². The molecule has 0 saturated carbocycles. The maximum Gasteiger partial charge on any atom is 0.281 e. The van der Waals surface area contributed by atoms with Crippen LogP contribution in [0, 0.1) is 0 Å². The number of thiophene rings is 1. The summed E-state index contributed by atoms with van der Waals surface area (Å²) >= 11 is 11.0. The predicted molar refractivity (Wildman–Crippen MR) is 121 cm³/mol. The number of hydrogen-bond donors (Lipinski definition) is 2. The molecule has 0 unspecified atom stereocenters. The van der Waals surface area contributed by atoms with E-state index in [-0.39, 0.29) is 12.0 Å². The fraction of sp³-hybridized carbons (Fsp3) is 0.238. The van der Waals surface area contributed by atoms with E-state index in [1.54, 1.807) is 0 Å². The monoisotopic (exact) mass is 494 g/mol. The van der Waals surface area contributed by atoms with Crippen LogP contribution in [-0.2, 0) is 10.2 Å². The lowest BCUT2D eigenvalue weighted by molar-refractivity contribution is -0.123. The smallest absolute Gasteiger partial charge is 0.281 e. The van der Waals surface area contributed by atoms with Crippen molar-refractivity contribution < 1.29 is 14.3 Å². The summed E-state index contributed by atoms with van der Waals surface area (Å²) in [7, 11) is 0. The molecule has 0 aliphatic carbocycles. The Morgan fingerprint density at radius 1 is 1.14 bits per heavy atom. The molecule has 1 heterocycles. The molecule has 2 amide bonds. The number of hydrazine groups is 1. The van der Waals surface area contributed by atoms with E-state index in [4.69, 9.17) is 16.3 Å². The van der Waals surface area contributed by atoms with E-state index in [0.29, 0.717) is 15.6 Å². The highest BCUT2D eigenvalue weighted by Gasteiger charge is 2.21. The van der Waals surface area contributed by atoms with Crippen LogP contribution in [0.25, 0.3) is 10.1 Å². The van der Waals surface area contributed by atoms with Gasteiger partial charge in [-0.2, -0.15) is 0 Å². The van der Waals surface area contributed by atoms with Gasteiger partial charge < -0.3 is 4.74 Å². The number of hydrogen-bond acceptors (Lipinski definition) is 4. The van der Waals surface area contributed by atoms with E-state index in [9.17, 15) is 9.59 Å². The highest BCUT2D eigenvalue weighted by atomic mass is 79.9. The number of amides is 2. The fourth-order valence-corrected chi connectivity index (χ4v) is 4.51. The van der Waals surface area contributed by atoms with Crippen LogP contribution >= 0.6 is 38.9 Å². The number of benzene rings is 2. The van der Waals surface area contributed by atoms with E-state index in [1.807, 2.05) is 42.5 Å². The van der Waals surface area contributed by atoms with Gasteiger partial charge in [0.15, 0.2) is 6.61 Å². The first-order valence-electron chi connectivity index (χ1n) is 8.86. The zero-order valence-corrected chi connectivity index (χ0v) is 19.3. The fourth-order valence-electron chi connectivity index (χ4n) is 2.74. The molecule has 3 rings (SSSR count). The lowest BCUT2D eigenvalue weighted by Gasteiger charge is -2.23. The zero-order chi connectivity index (χ0) is 21.2. The molecule has 1 aromatic heterocycles. The van der Waals surface area contributed by atoms with E-state index >= 15 is 0 Å². The minimum atomic E-state index is -0.474. The van der Waals surface area contributed by atoms with Crippen molar-refractivity contribution in [1.29, 1.82) is 0 Å². The normalized spacial score (nSPS) is 11.3. The molecule has 0 aliphatic rings. The topological polar surface area (TPSA) is 67.4 Å². The highest BCUT2D eigenvalue weighted by Crippen LogP contribution is 2.35. The van der Waals surface area contributed by atoms with Crippen molar-refractivity contribution in [3.05, 3.63) is 62.4 Å². The number of halogens is 2. The van der Waals surface area contributed by atoms with Crippen LogP contribution in [0.4, 0.5) is 0 Å². The van der Waals surface area contributed by atoms with Crippen LogP contribution in [0.3, 0.4) is 0 Å². The molecule has 2 N–H and O–H groups in total. The van der Waals surface area contributed by atoms with E-state index in [1.165, 1.54) is 11.3 Å². The highest BCUT2D eigenvalue weighted by molar-refractivity contribution is 9.10. The van der Waals surface area contributed by atoms with E-state index < -0.39 is 11.8 Å². The number of ether oxygens (including phenoxy) is 1. The summed E-state index contributed by atoms with van der Waals surface area (Å²) in [6, 6.07) is 13.1. The summed E-state index contributed by atoms with van der Waals surface area (Å²) < 4.78 is 7.52. The van der Waals surface area contributed by atoms with Crippen molar-refractivity contribution in [1.82, 2.24) is 10.9 Å². The quantitative estimate of drug-likeness (QED) is 0.473. The van der Waals surface area contributed by atoms with Gasteiger partial charge in [-0.05, 0) is 29.7 Å². The van der Waals surface area contributed by atoms with Crippen LogP contribution in [-0.4, -0.2) is 18.4 Å². The Morgan fingerprint density at radius 3 is 2.55 bits per heavy atom. The minimum absolute atomic E-state index is 0.151. The molecule has 0 radical (unpaired) electrons. The Morgan fingerprint density at radius 2 is 1.86 bits per heavy atom. The molecule has 5 nitrogen and oxygen atoms in total. The second-order valence-electron chi connectivity index (χ2n) is 7.42. The summed E-state index contributed by atoms with van der Waals surface area (Å²) in [5.74, 6) is -0.323. The van der Waals surface area contributed by atoms with Gasteiger partial charge in [-0.25, -0.2) is 0 Å². The molecule has 2 aromatic carbocycles. The number of rotatable bonds is 4.